The largest absolute Gasteiger partial charge is 1.00 e. The molecule has 0 saturated heterocycles. The molecule has 0 amide bonds. The standard InChI is InChI=1S/C19H23NO2.ClH/c1-15(2)13-14-22-19(21)18(16-9-5-3-6-10-16)20-17-11-7-4-8-12-17;/h3-12,15,18,20H,13-14H2,1-2H3;1H. The Balaban J connectivity index is 0.00000264. The number of hydrogen-bond acceptors (Lipinski definition) is 2. The van der Waals surface area contributed by atoms with E-state index in [2.05, 4.69) is 13.8 Å². The van der Waals surface area contributed by atoms with Crippen molar-refractivity contribution < 1.29 is 27.3 Å². The number of quaternary nitrogens is 1. The maximum Gasteiger partial charge on any atom is 0.370 e. The van der Waals surface area contributed by atoms with Gasteiger partial charge in [-0.25, -0.2) is 4.79 Å². The molecular formula is C19H24ClNO2. The molecule has 0 fully saturated rings. The Hall–Kier alpha value is -1.84. The average Bonchev–Trinajstić information content (AvgIpc) is 2.54. The third-order valence-electron chi connectivity index (χ3n) is 3.51. The molecule has 0 aliphatic rings. The Morgan fingerprint density at radius 1 is 1.00 bits per heavy atom. The highest BCUT2D eigenvalue weighted by molar-refractivity contribution is 5.76. The van der Waals surface area contributed by atoms with Crippen LogP contribution in [0.15, 0.2) is 60.7 Å². The van der Waals surface area contributed by atoms with Crippen LogP contribution in [0.3, 0.4) is 0 Å². The molecule has 2 N–H and O–H groups in total. The first kappa shape index (κ1) is 19.2. The predicted molar refractivity (Wildman–Crippen MR) is 87.6 cm³/mol. The molecular weight excluding hydrogens is 310 g/mol. The van der Waals surface area contributed by atoms with Crippen molar-refractivity contribution in [2.24, 2.45) is 5.92 Å². The van der Waals surface area contributed by atoms with Crippen molar-refractivity contribution in [1.82, 2.24) is 0 Å². The lowest BCUT2D eigenvalue weighted by atomic mass is 10.1. The molecule has 23 heavy (non-hydrogen) atoms. The van der Waals surface area contributed by atoms with Gasteiger partial charge in [0.05, 0.1) is 6.61 Å². The molecule has 2 aromatic carbocycles. The van der Waals surface area contributed by atoms with Gasteiger partial charge in [-0.05, 0) is 24.5 Å². The summed E-state index contributed by atoms with van der Waals surface area (Å²) in [5, 5.41) is 1.97. The summed E-state index contributed by atoms with van der Waals surface area (Å²) in [4.78, 5) is 12.5. The van der Waals surface area contributed by atoms with E-state index in [-0.39, 0.29) is 24.4 Å². The molecule has 1 atom stereocenters. The SMILES string of the molecule is CC(C)CCOC(=O)C([NH2+]c1ccccc1)c1ccccc1.[Cl-]. The minimum absolute atomic E-state index is 0. The second-order valence-corrected chi connectivity index (χ2v) is 5.82. The Morgan fingerprint density at radius 2 is 1.57 bits per heavy atom. The van der Waals surface area contributed by atoms with Crippen molar-refractivity contribution in [3.05, 3.63) is 66.2 Å². The first-order valence-corrected chi connectivity index (χ1v) is 7.78. The van der Waals surface area contributed by atoms with Crippen molar-refractivity contribution in [1.29, 1.82) is 0 Å². The number of para-hydroxylation sites is 1. The topological polar surface area (TPSA) is 42.9 Å². The highest BCUT2D eigenvalue weighted by Crippen LogP contribution is 2.13. The number of carbonyl (C=O) groups excluding carboxylic acids is 1. The molecule has 2 aromatic rings. The van der Waals surface area contributed by atoms with Gasteiger partial charge in [0.1, 0.15) is 5.69 Å². The third kappa shape index (κ3) is 6.43. The van der Waals surface area contributed by atoms with Crippen molar-refractivity contribution in [2.45, 2.75) is 26.3 Å². The summed E-state index contributed by atoms with van der Waals surface area (Å²) in [6.45, 7) is 4.72. The van der Waals surface area contributed by atoms with Crippen LogP contribution in [0.5, 0.6) is 0 Å². The number of nitrogens with two attached hydrogens (primary N) is 1. The van der Waals surface area contributed by atoms with Crippen LogP contribution >= 0.6 is 0 Å². The van der Waals surface area contributed by atoms with Crippen molar-refractivity contribution >= 4 is 11.7 Å². The quantitative estimate of drug-likeness (QED) is 0.582. The molecule has 0 heterocycles. The van der Waals surface area contributed by atoms with Crippen LogP contribution in [0.25, 0.3) is 0 Å². The Kier molecular flexibility index (Phi) is 8.38. The average molecular weight is 334 g/mol. The van der Waals surface area contributed by atoms with Gasteiger partial charge < -0.3 is 17.1 Å². The molecule has 3 nitrogen and oxygen atoms in total. The highest BCUT2D eigenvalue weighted by atomic mass is 35.5. The Labute approximate surface area is 144 Å². The van der Waals surface area contributed by atoms with Crippen LogP contribution in [0.1, 0.15) is 31.9 Å². The molecule has 0 spiro atoms. The molecule has 0 aliphatic heterocycles. The second kappa shape index (κ2) is 10.0. The fourth-order valence-corrected chi connectivity index (χ4v) is 2.20. The van der Waals surface area contributed by atoms with Crippen LogP contribution in [-0.2, 0) is 9.53 Å². The summed E-state index contributed by atoms with van der Waals surface area (Å²) in [5.74, 6) is 0.344. The predicted octanol–water partition coefficient (Wildman–Crippen LogP) is 0.216. The summed E-state index contributed by atoms with van der Waals surface area (Å²) < 4.78 is 5.47. The van der Waals surface area contributed by atoms with E-state index >= 15 is 0 Å². The maximum absolute atomic E-state index is 12.5. The minimum atomic E-state index is -0.365. The zero-order valence-corrected chi connectivity index (χ0v) is 14.4. The van der Waals surface area contributed by atoms with Gasteiger partial charge in [0.15, 0.2) is 0 Å². The van der Waals surface area contributed by atoms with E-state index in [9.17, 15) is 4.79 Å². The van der Waals surface area contributed by atoms with Gasteiger partial charge in [0, 0.05) is 5.56 Å². The van der Waals surface area contributed by atoms with Crippen molar-refractivity contribution in [2.75, 3.05) is 6.61 Å². The van der Waals surface area contributed by atoms with Crippen molar-refractivity contribution in [3.8, 4) is 0 Å². The van der Waals surface area contributed by atoms with Gasteiger partial charge >= 0.3 is 5.97 Å². The van der Waals surface area contributed by atoms with E-state index in [1.165, 1.54) is 0 Å². The summed E-state index contributed by atoms with van der Waals surface area (Å²) >= 11 is 0. The number of hydrogen-bond donors (Lipinski definition) is 1. The molecule has 2 rings (SSSR count). The summed E-state index contributed by atoms with van der Waals surface area (Å²) in [6, 6.07) is 19.3. The molecule has 1 unspecified atom stereocenters. The summed E-state index contributed by atoms with van der Waals surface area (Å²) in [6.07, 6.45) is 0.887. The lowest BCUT2D eigenvalue weighted by Gasteiger charge is -2.15. The number of ether oxygens (including phenoxy) is 1. The van der Waals surface area contributed by atoms with Crippen LogP contribution < -0.4 is 17.7 Å². The van der Waals surface area contributed by atoms with E-state index in [0.717, 1.165) is 17.7 Å². The van der Waals surface area contributed by atoms with E-state index in [4.69, 9.17) is 4.74 Å². The first-order valence-electron chi connectivity index (χ1n) is 7.78. The number of carbonyl (C=O) groups is 1. The first-order chi connectivity index (χ1) is 10.7. The molecule has 4 heteroatoms. The Morgan fingerprint density at radius 3 is 2.13 bits per heavy atom. The summed E-state index contributed by atoms with van der Waals surface area (Å²) in [5.41, 5.74) is 1.98. The van der Waals surface area contributed by atoms with E-state index in [1.807, 2.05) is 66.0 Å². The molecule has 0 radical (unpaired) electrons. The van der Waals surface area contributed by atoms with Gasteiger partial charge in [-0.3, -0.25) is 5.32 Å². The summed E-state index contributed by atoms with van der Waals surface area (Å²) in [7, 11) is 0. The van der Waals surface area contributed by atoms with Crippen LogP contribution in [-0.4, -0.2) is 12.6 Å². The lowest BCUT2D eigenvalue weighted by Crippen LogP contribution is -3.00. The van der Waals surface area contributed by atoms with Gasteiger partial charge in [-0.1, -0.05) is 62.4 Å². The van der Waals surface area contributed by atoms with Crippen LogP contribution in [0, 0.1) is 5.92 Å². The fraction of sp³-hybridized carbons (Fsp3) is 0.316. The molecule has 0 saturated carbocycles. The third-order valence-corrected chi connectivity index (χ3v) is 3.51. The van der Waals surface area contributed by atoms with Crippen LogP contribution in [0.2, 0.25) is 0 Å². The fourth-order valence-electron chi connectivity index (χ4n) is 2.20. The van der Waals surface area contributed by atoms with Crippen LogP contribution in [0.4, 0.5) is 5.69 Å². The van der Waals surface area contributed by atoms with Gasteiger partial charge in [-0.15, -0.1) is 0 Å². The smallest absolute Gasteiger partial charge is 0.370 e. The second-order valence-electron chi connectivity index (χ2n) is 5.82. The zero-order chi connectivity index (χ0) is 15.8. The number of rotatable bonds is 7. The number of benzene rings is 2. The van der Waals surface area contributed by atoms with Crippen molar-refractivity contribution in [3.63, 3.8) is 0 Å². The number of halogens is 1. The molecule has 0 bridgehead atoms. The lowest BCUT2D eigenvalue weighted by molar-refractivity contribution is -0.605. The number of esters is 1. The molecule has 0 aromatic heterocycles. The normalized spacial score (nSPS) is 11.6. The van der Waals surface area contributed by atoms with Gasteiger partial charge in [0.25, 0.3) is 0 Å². The minimum Gasteiger partial charge on any atom is -1.00 e. The monoisotopic (exact) mass is 333 g/mol. The zero-order valence-electron chi connectivity index (χ0n) is 13.6. The maximum atomic E-state index is 12.5. The van der Waals surface area contributed by atoms with E-state index < -0.39 is 0 Å². The van der Waals surface area contributed by atoms with Gasteiger partial charge in [0.2, 0.25) is 6.04 Å². The highest BCUT2D eigenvalue weighted by Gasteiger charge is 2.26. The van der Waals surface area contributed by atoms with E-state index in [1.54, 1.807) is 0 Å². The molecule has 0 aliphatic carbocycles. The van der Waals surface area contributed by atoms with Gasteiger partial charge in [-0.2, -0.15) is 0 Å². The van der Waals surface area contributed by atoms with E-state index in [0.29, 0.717) is 12.5 Å². The molecule has 124 valence electrons. The Bertz CT molecular complexity index is 572.